The lowest BCUT2D eigenvalue weighted by molar-refractivity contribution is -0.154. The van der Waals surface area contributed by atoms with Gasteiger partial charge in [0, 0.05) is 20.1 Å². The van der Waals surface area contributed by atoms with Crippen molar-refractivity contribution < 1.29 is 17.9 Å². The Balaban J connectivity index is 0.00000225. The van der Waals surface area contributed by atoms with E-state index < -0.39 is 12.8 Å². The summed E-state index contributed by atoms with van der Waals surface area (Å²) in [5, 5.41) is 7.64. The number of piperidine rings is 1. The SMILES string of the molecule is Cc1nn(C)c(OCC(F)(F)F)c1CN1CCC2(CCNCC2)C1.Cl. The molecule has 2 aliphatic rings. The molecule has 0 unspecified atom stereocenters. The van der Waals surface area contributed by atoms with Crippen LogP contribution in [0.3, 0.4) is 0 Å². The Hall–Kier alpha value is -0.990. The summed E-state index contributed by atoms with van der Waals surface area (Å²) in [4.78, 5) is 2.33. The third-order valence-corrected chi connectivity index (χ3v) is 5.22. The van der Waals surface area contributed by atoms with Crippen molar-refractivity contribution in [3.8, 4) is 5.88 Å². The van der Waals surface area contributed by atoms with E-state index in [2.05, 4.69) is 15.3 Å². The minimum absolute atomic E-state index is 0. The van der Waals surface area contributed by atoms with Crippen molar-refractivity contribution in [3.63, 3.8) is 0 Å². The van der Waals surface area contributed by atoms with Gasteiger partial charge in [-0.05, 0) is 51.2 Å². The molecule has 144 valence electrons. The van der Waals surface area contributed by atoms with Crippen molar-refractivity contribution in [2.75, 3.05) is 32.8 Å². The van der Waals surface area contributed by atoms with Crippen molar-refractivity contribution in [2.24, 2.45) is 12.5 Å². The van der Waals surface area contributed by atoms with Gasteiger partial charge in [0.05, 0.1) is 11.3 Å². The predicted octanol–water partition coefficient (Wildman–Crippen LogP) is 2.67. The van der Waals surface area contributed by atoms with E-state index in [9.17, 15) is 13.2 Å². The number of hydrogen-bond acceptors (Lipinski definition) is 4. The number of ether oxygens (including phenoxy) is 1. The summed E-state index contributed by atoms with van der Waals surface area (Å²) in [5.74, 6) is 0.232. The van der Waals surface area contributed by atoms with Crippen LogP contribution in [0.25, 0.3) is 0 Å². The molecule has 0 atom stereocenters. The lowest BCUT2D eigenvalue weighted by Crippen LogP contribution is -2.38. The number of likely N-dealkylation sites (tertiary alicyclic amines) is 1. The van der Waals surface area contributed by atoms with Gasteiger partial charge in [-0.2, -0.15) is 18.3 Å². The van der Waals surface area contributed by atoms with Crippen molar-refractivity contribution >= 4 is 12.4 Å². The minimum Gasteiger partial charge on any atom is -0.468 e. The Morgan fingerprint density at radius 1 is 1.24 bits per heavy atom. The Kier molecular flexibility index (Phi) is 6.27. The standard InChI is InChI=1S/C16H25F3N4O.ClH/c1-12-13(14(22(2)21-12)24-11-16(17,18)19)9-23-8-5-15(10-23)3-6-20-7-4-15;/h20H,3-11H2,1-2H3;1H. The molecular weight excluding hydrogens is 357 g/mol. The number of alkyl halides is 3. The minimum atomic E-state index is -4.34. The smallest absolute Gasteiger partial charge is 0.422 e. The second kappa shape index (κ2) is 7.72. The first-order chi connectivity index (χ1) is 11.3. The van der Waals surface area contributed by atoms with Crippen molar-refractivity contribution in [1.29, 1.82) is 0 Å². The molecule has 3 rings (SSSR count). The largest absolute Gasteiger partial charge is 0.468 e. The van der Waals surface area contributed by atoms with Gasteiger partial charge < -0.3 is 10.1 Å². The molecular formula is C16H26ClF3N4O. The van der Waals surface area contributed by atoms with Crippen LogP contribution in [0.5, 0.6) is 5.88 Å². The van der Waals surface area contributed by atoms with Gasteiger partial charge in [-0.25, -0.2) is 4.68 Å². The fourth-order valence-corrected chi connectivity index (χ4v) is 3.95. The van der Waals surface area contributed by atoms with E-state index in [0.29, 0.717) is 12.0 Å². The lowest BCUT2D eigenvalue weighted by atomic mass is 9.78. The van der Waals surface area contributed by atoms with Crippen LogP contribution in [0, 0.1) is 12.3 Å². The normalized spacial score (nSPS) is 20.7. The number of aryl methyl sites for hydroxylation is 2. The third kappa shape index (κ3) is 4.80. The average molecular weight is 383 g/mol. The van der Waals surface area contributed by atoms with E-state index in [1.807, 2.05) is 6.92 Å². The molecule has 1 aromatic rings. The first kappa shape index (κ1) is 20.3. The third-order valence-electron chi connectivity index (χ3n) is 5.22. The molecule has 1 aromatic heterocycles. The second-order valence-electron chi connectivity index (χ2n) is 7.11. The number of nitrogens with zero attached hydrogens (tertiary/aromatic N) is 3. The summed E-state index contributed by atoms with van der Waals surface area (Å²) < 4.78 is 43.9. The quantitative estimate of drug-likeness (QED) is 0.869. The average Bonchev–Trinajstić information content (AvgIpc) is 2.99. The van der Waals surface area contributed by atoms with Crippen LogP contribution in [0.2, 0.25) is 0 Å². The zero-order chi connectivity index (χ0) is 17.4. The summed E-state index contributed by atoms with van der Waals surface area (Å²) in [7, 11) is 1.63. The Morgan fingerprint density at radius 3 is 2.56 bits per heavy atom. The van der Waals surface area contributed by atoms with E-state index in [-0.39, 0.29) is 18.3 Å². The summed E-state index contributed by atoms with van der Waals surface area (Å²) in [6.45, 7) is 5.23. The van der Waals surface area contributed by atoms with E-state index in [1.165, 1.54) is 17.5 Å². The zero-order valence-corrected chi connectivity index (χ0v) is 15.5. The van der Waals surface area contributed by atoms with Crippen LogP contribution in [0.15, 0.2) is 0 Å². The van der Waals surface area contributed by atoms with Gasteiger partial charge in [-0.1, -0.05) is 0 Å². The van der Waals surface area contributed by atoms with E-state index >= 15 is 0 Å². The highest BCUT2D eigenvalue weighted by Gasteiger charge is 2.39. The molecule has 2 fully saturated rings. The maximum Gasteiger partial charge on any atom is 0.422 e. The second-order valence-corrected chi connectivity index (χ2v) is 7.11. The molecule has 1 N–H and O–H groups in total. The van der Waals surface area contributed by atoms with Crippen LogP contribution in [0.4, 0.5) is 13.2 Å². The van der Waals surface area contributed by atoms with Gasteiger partial charge >= 0.3 is 6.18 Å². The van der Waals surface area contributed by atoms with Gasteiger partial charge in [0.25, 0.3) is 0 Å². The molecule has 2 aliphatic heterocycles. The Labute approximate surface area is 152 Å². The summed E-state index contributed by atoms with van der Waals surface area (Å²) in [6.07, 6.45) is -0.838. The van der Waals surface area contributed by atoms with Crippen LogP contribution in [-0.2, 0) is 13.6 Å². The molecule has 0 bridgehead atoms. The molecule has 0 aliphatic carbocycles. The van der Waals surface area contributed by atoms with Crippen molar-refractivity contribution in [1.82, 2.24) is 20.0 Å². The van der Waals surface area contributed by atoms with Crippen LogP contribution >= 0.6 is 12.4 Å². The van der Waals surface area contributed by atoms with E-state index in [4.69, 9.17) is 4.74 Å². The van der Waals surface area contributed by atoms with Gasteiger partial charge in [-0.15, -0.1) is 12.4 Å². The number of hydrogen-bond donors (Lipinski definition) is 1. The van der Waals surface area contributed by atoms with Crippen LogP contribution in [0.1, 0.15) is 30.5 Å². The maximum absolute atomic E-state index is 12.5. The fraction of sp³-hybridized carbons (Fsp3) is 0.812. The van der Waals surface area contributed by atoms with E-state index in [1.54, 1.807) is 7.05 Å². The van der Waals surface area contributed by atoms with Gasteiger partial charge in [0.15, 0.2) is 6.61 Å². The van der Waals surface area contributed by atoms with Crippen LogP contribution < -0.4 is 10.1 Å². The molecule has 25 heavy (non-hydrogen) atoms. The maximum atomic E-state index is 12.5. The van der Waals surface area contributed by atoms with Gasteiger partial charge in [0.2, 0.25) is 5.88 Å². The molecule has 3 heterocycles. The highest BCUT2D eigenvalue weighted by atomic mass is 35.5. The number of rotatable bonds is 4. The summed E-state index contributed by atoms with van der Waals surface area (Å²) >= 11 is 0. The Bertz CT molecular complexity index is 585. The fourth-order valence-electron chi connectivity index (χ4n) is 3.95. The summed E-state index contributed by atoms with van der Waals surface area (Å²) in [6, 6.07) is 0. The number of nitrogens with one attached hydrogen (secondary N) is 1. The first-order valence-electron chi connectivity index (χ1n) is 8.43. The van der Waals surface area contributed by atoms with Gasteiger partial charge in [-0.3, -0.25) is 4.90 Å². The highest BCUT2D eigenvalue weighted by molar-refractivity contribution is 5.85. The molecule has 9 heteroatoms. The molecule has 0 aromatic carbocycles. The van der Waals surface area contributed by atoms with Crippen molar-refractivity contribution in [2.45, 2.75) is 38.9 Å². The molecule has 0 saturated carbocycles. The molecule has 0 amide bonds. The lowest BCUT2D eigenvalue weighted by Gasteiger charge is -2.33. The van der Waals surface area contributed by atoms with E-state index in [0.717, 1.165) is 43.9 Å². The number of halogens is 4. The first-order valence-corrected chi connectivity index (χ1v) is 8.43. The van der Waals surface area contributed by atoms with Crippen LogP contribution in [-0.4, -0.2) is 53.6 Å². The molecule has 2 saturated heterocycles. The Morgan fingerprint density at radius 2 is 1.92 bits per heavy atom. The highest BCUT2D eigenvalue weighted by Crippen LogP contribution is 2.39. The summed E-state index contributed by atoms with van der Waals surface area (Å²) in [5.41, 5.74) is 1.88. The zero-order valence-electron chi connectivity index (χ0n) is 14.7. The molecule has 1 spiro atoms. The predicted molar refractivity (Wildman–Crippen MR) is 91.2 cm³/mol. The monoisotopic (exact) mass is 382 g/mol. The number of aromatic nitrogens is 2. The molecule has 5 nitrogen and oxygen atoms in total. The topological polar surface area (TPSA) is 42.3 Å². The molecule has 0 radical (unpaired) electrons. The van der Waals surface area contributed by atoms with Gasteiger partial charge in [0.1, 0.15) is 0 Å². The van der Waals surface area contributed by atoms with Crippen molar-refractivity contribution in [3.05, 3.63) is 11.3 Å².